The first-order valence-electron chi connectivity index (χ1n) is 9.34. The molecule has 0 radical (unpaired) electrons. The largest absolute Gasteiger partial charge is 0.482 e. The molecule has 3 rings (SSSR count). The Morgan fingerprint density at radius 2 is 1.83 bits per heavy atom. The summed E-state index contributed by atoms with van der Waals surface area (Å²) in [6.45, 7) is 6.83. The molecule has 2 aromatic carbocycles. The number of ketones is 1. The highest BCUT2D eigenvalue weighted by atomic mass is 16.6. The lowest BCUT2D eigenvalue weighted by molar-refractivity contribution is -0.121. The molecule has 0 aromatic heterocycles. The molecule has 1 aliphatic heterocycles. The minimum atomic E-state index is -0.732. The van der Waals surface area contributed by atoms with Gasteiger partial charge in [0.05, 0.1) is 11.7 Å². The van der Waals surface area contributed by atoms with Crippen molar-refractivity contribution in [2.75, 3.05) is 16.8 Å². The third kappa shape index (κ3) is 4.74. The molecule has 1 heterocycles. The van der Waals surface area contributed by atoms with Crippen LogP contribution in [0.2, 0.25) is 0 Å². The molecular weight excluding hydrogens is 372 g/mol. The van der Waals surface area contributed by atoms with Crippen molar-refractivity contribution in [3.8, 4) is 5.75 Å². The summed E-state index contributed by atoms with van der Waals surface area (Å²) in [5.74, 6) is -0.0481. The maximum absolute atomic E-state index is 12.9. The van der Waals surface area contributed by atoms with Crippen molar-refractivity contribution in [3.63, 3.8) is 0 Å². The zero-order valence-electron chi connectivity index (χ0n) is 16.9. The molecule has 152 valence electrons. The van der Waals surface area contributed by atoms with Crippen molar-refractivity contribution < 1.29 is 23.9 Å². The SMILES string of the molecule is CC(C(=O)c1ccccc1)N1C(=O)COc2ccc(NC(=O)OC(C)(C)C)cc21. The Balaban J connectivity index is 1.88. The number of benzene rings is 2. The van der Waals surface area contributed by atoms with Crippen LogP contribution in [-0.2, 0) is 9.53 Å². The van der Waals surface area contributed by atoms with E-state index in [0.717, 1.165) is 0 Å². The van der Waals surface area contributed by atoms with Crippen LogP contribution < -0.4 is 15.0 Å². The van der Waals surface area contributed by atoms with Crippen LogP contribution in [0.4, 0.5) is 16.2 Å². The Hall–Kier alpha value is -3.35. The maximum atomic E-state index is 12.9. The van der Waals surface area contributed by atoms with E-state index < -0.39 is 17.7 Å². The molecule has 0 spiro atoms. The van der Waals surface area contributed by atoms with Crippen molar-refractivity contribution in [3.05, 3.63) is 54.1 Å². The monoisotopic (exact) mass is 396 g/mol. The zero-order chi connectivity index (χ0) is 21.2. The molecule has 7 nitrogen and oxygen atoms in total. The fraction of sp³-hybridized carbons (Fsp3) is 0.318. The lowest BCUT2D eigenvalue weighted by atomic mass is 10.0. The molecule has 2 aromatic rings. The summed E-state index contributed by atoms with van der Waals surface area (Å²) in [7, 11) is 0. The molecule has 0 fully saturated rings. The molecule has 1 aliphatic rings. The van der Waals surface area contributed by atoms with Crippen molar-refractivity contribution in [2.24, 2.45) is 0 Å². The van der Waals surface area contributed by atoms with Gasteiger partial charge in [0, 0.05) is 11.3 Å². The third-order valence-electron chi connectivity index (χ3n) is 4.31. The molecule has 1 unspecified atom stereocenters. The van der Waals surface area contributed by atoms with Crippen LogP contribution in [-0.4, -0.2) is 36.0 Å². The van der Waals surface area contributed by atoms with Crippen LogP contribution in [0.1, 0.15) is 38.1 Å². The fourth-order valence-corrected chi connectivity index (χ4v) is 3.06. The number of carbonyl (C=O) groups excluding carboxylic acids is 3. The average Bonchev–Trinajstić information content (AvgIpc) is 2.66. The zero-order valence-corrected chi connectivity index (χ0v) is 16.9. The minimum Gasteiger partial charge on any atom is -0.482 e. The van der Waals surface area contributed by atoms with Crippen LogP contribution in [0.3, 0.4) is 0 Å². The lowest BCUT2D eigenvalue weighted by Gasteiger charge is -2.33. The van der Waals surface area contributed by atoms with Gasteiger partial charge in [0.15, 0.2) is 12.4 Å². The predicted octanol–water partition coefficient (Wildman–Crippen LogP) is 4.03. The van der Waals surface area contributed by atoms with E-state index in [1.165, 1.54) is 4.90 Å². The van der Waals surface area contributed by atoms with Crippen LogP contribution in [0.15, 0.2) is 48.5 Å². The normalized spacial score (nSPS) is 14.5. The highest BCUT2D eigenvalue weighted by Gasteiger charge is 2.33. The van der Waals surface area contributed by atoms with Gasteiger partial charge >= 0.3 is 6.09 Å². The van der Waals surface area contributed by atoms with Crippen LogP contribution in [0, 0.1) is 0 Å². The second kappa shape index (κ2) is 7.95. The molecule has 2 amide bonds. The standard InChI is InChI=1S/C22H24N2O5/c1-14(20(26)15-8-6-5-7-9-15)24-17-12-16(23-21(27)29-22(2,3)4)10-11-18(17)28-13-19(24)25/h5-12,14H,13H2,1-4H3,(H,23,27). The van der Waals surface area contributed by atoms with E-state index in [9.17, 15) is 14.4 Å². The number of anilines is 2. The van der Waals surface area contributed by atoms with Crippen LogP contribution in [0.25, 0.3) is 0 Å². The lowest BCUT2D eigenvalue weighted by Crippen LogP contribution is -2.48. The van der Waals surface area contributed by atoms with E-state index in [2.05, 4.69) is 5.32 Å². The number of rotatable bonds is 4. The summed E-state index contributed by atoms with van der Waals surface area (Å²) in [6.07, 6.45) is -0.611. The first-order valence-corrected chi connectivity index (χ1v) is 9.34. The first kappa shape index (κ1) is 20.4. The number of nitrogens with zero attached hydrogens (tertiary/aromatic N) is 1. The van der Waals surface area contributed by atoms with Gasteiger partial charge in [0.1, 0.15) is 11.4 Å². The predicted molar refractivity (Wildman–Crippen MR) is 110 cm³/mol. The topological polar surface area (TPSA) is 84.9 Å². The quantitative estimate of drug-likeness (QED) is 0.789. The van der Waals surface area contributed by atoms with Gasteiger partial charge in [-0.3, -0.25) is 19.8 Å². The van der Waals surface area contributed by atoms with Gasteiger partial charge in [0.2, 0.25) is 0 Å². The Labute approximate surface area is 169 Å². The second-order valence-corrected chi connectivity index (χ2v) is 7.77. The number of fused-ring (bicyclic) bond motifs is 1. The maximum Gasteiger partial charge on any atom is 0.412 e. The smallest absolute Gasteiger partial charge is 0.412 e. The number of hydrogen-bond donors (Lipinski definition) is 1. The molecule has 1 atom stereocenters. The van der Waals surface area contributed by atoms with Gasteiger partial charge in [-0.25, -0.2) is 4.79 Å². The summed E-state index contributed by atoms with van der Waals surface area (Å²) in [5.41, 5.74) is 0.733. The fourth-order valence-electron chi connectivity index (χ4n) is 3.06. The molecule has 29 heavy (non-hydrogen) atoms. The molecular formula is C22H24N2O5. The highest BCUT2D eigenvalue weighted by Crippen LogP contribution is 2.36. The van der Waals surface area contributed by atoms with Gasteiger partial charge in [-0.2, -0.15) is 0 Å². The van der Waals surface area contributed by atoms with Gasteiger partial charge < -0.3 is 9.47 Å². The van der Waals surface area contributed by atoms with E-state index in [0.29, 0.717) is 22.7 Å². The van der Waals surface area contributed by atoms with Gasteiger partial charge in [-0.15, -0.1) is 0 Å². The summed E-state index contributed by atoms with van der Waals surface area (Å²) >= 11 is 0. The molecule has 0 bridgehead atoms. The first-order chi connectivity index (χ1) is 13.7. The van der Waals surface area contributed by atoms with Crippen molar-refractivity contribution in [1.29, 1.82) is 0 Å². The molecule has 0 saturated heterocycles. The number of ether oxygens (including phenoxy) is 2. The van der Waals surface area contributed by atoms with E-state index in [1.54, 1.807) is 70.2 Å². The molecule has 1 N–H and O–H groups in total. The summed E-state index contributed by atoms with van der Waals surface area (Å²) < 4.78 is 10.8. The Morgan fingerprint density at radius 1 is 1.14 bits per heavy atom. The van der Waals surface area contributed by atoms with Gasteiger partial charge in [-0.1, -0.05) is 30.3 Å². The van der Waals surface area contributed by atoms with Crippen LogP contribution in [0.5, 0.6) is 5.75 Å². The third-order valence-corrected chi connectivity index (χ3v) is 4.31. The number of hydrogen-bond acceptors (Lipinski definition) is 5. The van der Waals surface area contributed by atoms with Gasteiger partial charge in [-0.05, 0) is 45.9 Å². The van der Waals surface area contributed by atoms with Gasteiger partial charge in [0.25, 0.3) is 5.91 Å². The Bertz CT molecular complexity index is 934. The Morgan fingerprint density at radius 3 is 2.48 bits per heavy atom. The Kier molecular flexibility index (Phi) is 5.59. The average molecular weight is 396 g/mol. The number of nitrogens with one attached hydrogen (secondary N) is 1. The second-order valence-electron chi connectivity index (χ2n) is 7.77. The number of Topliss-reactive ketones (excluding diaryl/α,β-unsaturated/α-hetero) is 1. The van der Waals surface area contributed by atoms with Crippen molar-refractivity contribution in [1.82, 2.24) is 0 Å². The number of carbonyl (C=O) groups is 3. The van der Waals surface area contributed by atoms with Crippen molar-refractivity contribution in [2.45, 2.75) is 39.3 Å². The molecule has 0 saturated carbocycles. The highest BCUT2D eigenvalue weighted by molar-refractivity contribution is 6.09. The number of amides is 2. The summed E-state index contributed by atoms with van der Waals surface area (Å²) in [6, 6.07) is 13.0. The molecule has 0 aliphatic carbocycles. The van der Waals surface area contributed by atoms with E-state index in [4.69, 9.17) is 9.47 Å². The minimum absolute atomic E-state index is 0.155. The van der Waals surface area contributed by atoms with E-state index in [-0.39, 0.29) is 18.3 Å². The van der Waals surface area contributed by atoms with E-state index >= 15 is 0 Å². The van der Waals surface area contributed by atoms with Crippen molar-refractivity contribution >= 4 is 29.2 Å². The summed E-state index contributed by atoms with van der Waals surface area (Å²) in [4.78, 5) is 39.0. The molecule has 7 heteroatoms. The summed E-state index contributed by atoms with van der Waals surface area (Å²) in [5, 5.41) is 2.64. The van der Waals surface area contributed by atoms with E-state index in [1.807, 2.05) is 6.07 Å². The van der Waals surface area contributed by atoms with Crippen LogP contribution >= 0.6 is 0 Å².